The number of hydrogen-bond donors (Lipinski definition) is 1. The lowest BCUT2D eigenvalue weighted by atomic mass is 10.2. The number of nitrogens with zero attached hydrogens (tertiary/aromatic N) is 6. The van der Waals surface area contributed by atoms with Gasteiger partial charge in [0.1, 0.15) is 5.69 Å². The normalized spacial score (nSPS) is 21.1. The summed E-state index contributed by atoms with van der Waals surface area (Å²) in [5.74, 6) is 0.943. The molecule has 9 heteroatoms. The fourth-order valence-electron chi connectivity index (χ4n) is 3.77. The Hall–Kier alpha value is -2.65. The van der Waals surface area contributed by atoms with E-state index in [1.54, 1.807) is 6.20 Å². The number of nitrogens with one attached hydrogen (secondary N) is 1. The molecular formula is C18H23N7O2. The van der Waals surface area contributed by atoms with Gasteiger partial charge in [0.15, 0.2) is 11.5 Å². The predicted molar refractivity (Wildman–Crippen MR) is 101 cm³/mol. The van der Waals surface area contributed by atoms with E-state index in [0.29, 0.717) is 13.2 Å². The number of fused-ring (bicyclic) bond motifs is 1. The smallest absolute Gasteiger partial charge is 0.178 e. The van der Waals surface area contributed by atoms with Crippen LogP contribution in [-0.2, 0) is 9.47 Å². The van der Waals surface area contributed by atoms with Crippen molar-refractivity contribution in [3.8, 4) is 11.4 Å². The van der Waals surface area contributed by atoms with Crippen LogP contribution in [0, 0.1) is 0 Å². The first kappa shape index (κ1) is 16.5. The molecule has 2 aliphatic rings. The van der Waals surface area contributed by atoms with Crippen molar-refractivity contribution in [2.75, 3.05) is 55.9 Å². The number of imidazole rings is 1. The third-order valence-electron chi connectivity index (χ3n) is 5.23. The molecule has 2 fully saturated rings. The standard InChI is InChI=1S/C18H23N7O2/c1-13-12-27-9-6-24(13)17-10-15(23-4-7-26-8-5-23)18-19-11-16(25(18)22-17)14-2-3-20-21-14/h2-3,10-11,13H,4-9,12H2,1H3,(H,20,21). The van der Waals surface area contributed by atoms with E-state index in [0.717, 1.165) is 61.4 Å². The van der Waals surface area contributed by atoms with Gasteiger partial charge in [-0.05, 0) is 13.0 Å². The third-order valence-corrected chi connectivity index (χ3v) is 5.23. The van der Waals surface area contributed by atoms with Crippen molar-refractivity contribution in [3.63, 3.8) is 0 Å². The molecule has 0 aliphatic carbocycles. The molecular weight excluding hydrogens is 346 g/mol. The van der Waals surface area contributed by atoms with Crippen LogP contribution in [0.1, 0.15) is 6.92 Å². The predicted octanol–water partition coefficient (Wildman–Crippen LogP) is 1.18. The first-order valence-electron chi connectivity index (χ1n) is 9.37. The van der Waals surface area contributed by atoms with Gasteiger partial charge in [0.25, 0.3) is 0 Å². The second kappa shape index (κ2) is 6.82. The summed E-state index contributed by atoms with van der Waals surface area (Å²) in [6.07, 6.45) is 3.60. The topological polar surface area (TPSA) is 83.8 Å². The molecule has 9 nitrogen and oxygen atoms in total. The van der Waals surface area contributed by atoms with Gasteiger partial charge in [-0.1, -0.05) is 0 Å². The van der Waals surface area contributed by atoms with Crippen LogP contribution in [-0.4, -0.2) is 76.9 Å². The SMILES string of the molecule is CC1COCCN1c1cc(N2CCOCC2)c2ncc(-c3ccn[nH]3)n2n1. The van der Waals surface area contributed by atoms with Crippen molar-refractivity contribution in [3.05, 3.63) is 24.5 Å². The first-order chi connectivity index (χ1) is 13.3. The highest BCUT2D eigenvalue weighted by atomic mass is 16.5. The zero-order valence-corrected chi connectivity index (χ0v) is 15.3. The first-order valence-corrected chi connectivity index (χ1v) is 9.37. The highest BCUT2D eigenvalue weighted by molar-refractivity contribution is 5.75. The number of aromatic nitrogens is 5. The molecule has 142 valence electrons. The Bertz CT molecular complexity index is 917. The molecule has 2 saturated heterocycles. The van der Waals surface area contributed by atoms with E-state index in [1.165, 1.54) is 0 Å². The summed E-state index contributed by atoms with van der Waals surface area (Å²) in [6.45, 7) is 7.59. The van der Waals surface area contributed by atoms with E-state index in [2.05, 4.69) is 38.0 Å². The van der Waals surface area contributed by atoms with Crippen molar-refractivity contribution in [2.24, 2.45) is 0 Å². The number of morpholine rings is 2. The van der Waals surface area contributed by atoms with Gasteiger partial charge in [-0.15, -0.1) is 5.10 Å². The minimum absolute atomic E-state index is 0.278. The summed E-state index contributed by atoms with van der Waals surface area (Å²) in [7, 11) is 0. The van der Waals surface area contributed by atoms with Crippen LogP contribution in [0.25, 0.3) is 17.0 Å². The zero-order valence-electron chi connectivity index (χ0n) is 15.3. The second-order valence-electron chi connectivity index (χ2n) is 6.95. The van der Waals surface area contributed by atoms with Crippen molar-refractivity contribution < 1.29 is 9.47 Å². The number of H-pyrrole nitrogens is 1. The molecule has 1 atom stereocenters. The zero-order chi connectivity index (χ0) is 18.2. The van der Waals surface area contributed by atoms with Crippen LogP contribution in [0.2, 0.25) is 0 Å². The van der Waals surface area contributed by atoms with E-state index >= 15 is 0 Å². The van der Waals surface area contributed by atoms with Gasteiger partial charge in [-0.25, -0.2) is 9.50 Å². The fraction of sp³-hybridized carbons (Fsp3) is 0.500. The van der Waals surface area contributed by atoms with Crippen LogP contribution in [0.3, 0.4) is 0 Å². The summed E-state index contributed by atoms with van der Waals surface area (Å²) in [5, 5.41) is 12.0. The number of ether oxygens (including phenoxy) is 2. The fourth-order valence-corrected chi connectivity index (χ4v) is 3.77. The minimum Gasteiger partial charge on any atom is -0.378 e. The van der Waals surface area contributed by atoms with E-state index < -0.39 is 0 Å². The van der Waals surface area contributed by atoms with Crippen molar-refractivity contribution >= 4 is 17.2 Å². The van der Waals surface area contributed by atoms with Gasteiger partial charge in [0.05, 0.1) is 50.0 Å². The van der Waals surface area contributed by atoms with Crippen LogP contribution >= 0.6 is 0 Å². The van der Waals surface area contributed by atoms with E-state index in [1.807, 2.05) is 16.8 Å². The number of hydrogen-bond acceptors (Lipinski definition) is 7. The van der Waals surface area contributed by atoms with E-state index in [-0.39, 0.29) is 6.04 Å². The van der Waals surface area contributed by atoms with Crippen LogP contribution < -0.4 is 9.80 Å². The summed E-state index contributed by atoms with van der Waals surface area (Å²) in [5.41, 5.74) is 3.74. The minimum atomic E-state index is 0.278. The highest BCUT2D eigenvalue weighted by Crippen LogP contribution is 2.30. The molecule has 5 rings (SSSR count). The molecule has 1 unspecified atom stereocenters. The Morgan fingerprint density at radius 2 is 2.00 bits per heavy atom. The molecule has 5 heterocycles. The van der Waals surface area contributed by atoms with Crippen LogP contribution in [0.15, 0.2) is 24.5 Å². The molecule has 0 saturated carbocycles. The Kier molecular flexibility index (Phi) is 4.17. The maximum Gasteiger partial charge on any atom is 0.178 e. The third kappa shape index (κ3) is 2.92. The maximum absolute atomic E-state index is 5.61. The van der Waals surface area contributed by atoms with Gasteiger partial charge in [0, 0.05) is 31.9 Å². The average molecular weight is 369 g/mol. The molecule has 0 amide bonds. The second-order valence-corrected chi connectivity index (χ2v) is 6.95. The Labute approximate surface area is 156 Å². The van der Waals surface area contributed by atoms with E-state index in [4.69, 9.17) is 14.6 Å². The lowest BCUT2D eigenvalue weighted by molar-refractivity contribution is 0.0984. The molecule has 0 aromatic carbocycles. The molecule has 0 bridgehead atoms. The number of rotatable bonds is 3. The van der Waals surface area contributed by atoms with Crippen molar-refractivity contribution in [1.29, 1.82) is 0 Å². The molecule has 3 aromatic rings. The quantitative estimate of drug-likeness (QED) is 0.742. The molecule has 2 aliphatic heterocycles. The Morgan fingerprint density at radius 1 is 1.15 bits per heavy atom. The molecule has 3 aromatic heterocycles. The van der Waals surface area contributed by atoms with Crippen molar-refractivity contribution in [1.82, 2.24) is 24.8 Å². The van der Waals surface area contributed by atoms with E-state index in [9.17, 15) is 0 Å². The molecule has 1 N–H and O–H groups in total. The van der Waals surface area contributed by atoms with Gasteiger partial charge >= 0.3 is 0 Å². The number of anilines is 2. The summed E-state index contributed by atoms with van der Waals surface area (Å²) >= 11 is 0. The lowest BCUT2D eigenvalue weighted by Gasteiger charge is -2.35. The van der Waals surface area contributed by atoms with Gasteiger partial charge in [-0.3, -0.25) is 5.10 Å². The van der Waals surface area contributed by atoms with Gasteiger partial charge in [0.2, 0.25) is 0 Å². The largest absolute Gasteiger partial charge is 0.378 e. The molecule has 27 heavy (non-hydrogen) atoms. The summed E-state index contributed by atoms with van der Waals surface area (Å²) < 4.78 is 13.1. The Balaban J connectivity index is 1.67. The summed E-state index contributed by atoms with van der Waals surface area (Å²) in [4.78, 5) is 9.32. The highest BCUT2D eigenvalue weighted by Gasteiger charge is 2.25. The molecule has 0 spiro atoms. The monoisotopic (exact) mass is 369 g/mol. The number of aromatic amines is 1. The average Bonchev–Trinajstić information content (AvgIpc) is 3.38. The maximum atomic E-state index is 5.61. The van der Waals surface area contributed by atoms with Gasteiger partial charge < -0.3 is 19.3 Å². The van der Waals surface area contributed by atoms with Gasteiger partial charge in [-0.2, -0.15) is 5.10 Å². The van der Waals surface area contributed by atoms with Crippen LogP contribution in [0.5, 0.6) is 0 Å². The summed E-state index contributed by atoms with van der Waals surface area (Å²) in [6, 6.07) is 4.37. The lowest BCUT2D eigenvalue weighted by Crippen LogP contribution is -2.44. The Morgan fingerprint density at radius 3 is 2.78 bits per heavy atom. The van der Waals surface area contributed by atoms with Crippen LogP contribution in [0.4, 0.5) is 11.5 Å². The van der Waals surface area contributed by atoms with Crippen molar-refractivity contribution in [2.45, 2.75) is 13.0 Å². The molecule has 0 radical (unpaired) electrons.